The minimum atomic E-state index is 1.01. The molecule has 0 saturated carbocycles. The van der Waals surface area contributed by atoms with E-state index in [-0.39, 0.29) is 0 Å². The number of aryl methyl sites for hydroxylation is 2. The van der Waals surface area contributed by atoms with Crippen molar-refractivity contribution in [2.75, 3.05) is 26.2 Å². The molecule has 1 aliphatic rings. The van der Waals surface area contributed by atoms with Crippen LogP contribution in [0.5, 0.6) is 0 Å². The van der Waals surface area contributed by atoms with Crippen molar-refractivity contribution < 1.29 is 0 Å². The molecule has 2 rings (SSSR count). The van der Waals surface area contributed by atoms with Gasteiger partial charge in [0.15, 0.2) is 0 Å². The van der Waals surface area contributed by atoms with Gasteiger partial charge in [0.05, 0.1) is 0 Å². The van der Waals surface area contributed by atoms with E-state index in [2.05, 4.69) is 42.3 Å². The third-order valence-electron chi connectivity index (χ3n) is 3.97. The Morgan fingerprint density at radius 1 is 1.11 bits per heavy atom. The first-order valence-electron chi connectivity index (χ1n) is 7.25. The second kappa shape index (κ2) is 6.91. The topological polar surface area (TPSA) is 15.3 Å². The van der Waals surface area contributed by atoms with E-state index in [1.165, 1.54) is 55.6 Å². The molecule has 2 nitrogen and oxygen atoms in total. The van der Waals surface area contributed by atoms with Gasteiger partial charge in [-0.25, -0.2) is 0 Å². The molecule has 1 aliphatic heterocycles. The van der Waals surface area contributed by atoms with Crippen molar-refractivity contribution in [2.24, 2.45) is 0 Å². The predicted molar refractivity (Wildman–Crippen MR) is 77.9 cm³/mol. The van der Waals surface area contributed by atoms with Gasteiger partial charge in [0.25, 0.3) is 0 Å². The summed E-state index contributed by atoms with van der Waals surface area (Å²) in [5, 5.41) is 3.58. The molecular weight excluding hydrogens is 220 g/mol. The monoisotopic (exact) mass is 246 g/mol. The molecule has 0 aromatic heterocycles. The van der Waals surface area contributed by atoms with Crippen molar-refractivity contribution in [1.82, 2.24) is 10.2 Å². The molecule has 1 fully saturated rings. The van der Waals surface area contributed by atoms with Gasteiger partial charge in [0, 0.05) is 6.54 Å². The van der Waals surface area contributed by atoms with Gasteiger partial charge in [-0.1, -0.05) is 18.2 Å². The molecule has 0 bridgehead atoms. The van der Waals surface area contributed by atoms with Crippen LogP contribution in [0, 0.1) is 13.8 Å². The normalized spacial score (nSPS) is 16.3. The van der Waals surface area contributed by atoms with Crippen LogP contribution < -0.4 is 5.32 Å². The number of hydrogen-bond donors (Lipinski definition) is 1. The van der Waals surface area contributed by atoms with Gasteiger partial charge < -0.3 is 10.2 Å². The number of nitrogens with zero attached hydrogens (tertiary/aromatic N) is 1. The van der Waals surface area contributed by atoms with Gasteiger partial charge in [-0.3, -0.25) is 0 Å². The molecule has 0 aliphatic carbocycles. The largest absolute Gasteiger partial charge is 0.313 e. The Balaban J connectivity index is 1.65. The molecule has 0 amide bonds. The van der Waals surface area contributed by atoms with E-state index >= 15 is 0 Å². The van der Waals surface area contributed by atoms with E-state index < -0.39 is 0 Å². The third kappa shape index (κ3) is 3.82. The highest BCUT2D eigenvalue weighted by molar-refractivity contribution is 5.33. The number of rotatable bonds is 6. The fourth-order valence-corrected chi connectivity index (χ4v) is 2.78. The summed E-state index contributed by atoms with van der Waals surface area (Å²) >= 11 is 0. The van der Waals surface area contributed by atoms with E-state index in [1.807, 2.05) is 0 Å². The highest BCUT2D eigenvalue weighted by Crippen LogP contribution is 2.12. The van der Waals surface area contributed by atoms with Crippen LogP contribution in [0.15, 0.2) is 18.2 Å². The van der Waals surface area contributed by atoms with Crippen molar-refractivity contribution in [2.45, 2.75) is 39.7 Å². The average molecular weight is 246 g/mol. The lowest BCUT2D eigenvalue weighted by atomic mass is 10.0. The first-order valence-corrected chi connectivity index (χ1v) is 7.25. The number of likely N-dealkylation sites (tertiary alicyclic amines) is 1. The number of hydrogen-bond acceptors (Lipinski definition) is 2. The van der Waals surface area contributed by atoms with Gasteiger partial charge in [-0.15, -0.1) is 0 Å². The quantitative estimate of drug-likeness (QED) is 0.776. The summed E-state index contributed by atoms with van der Waals surface area (Å²) in [4.78, 5) is 2.58. The molecule has 1 aromatic rings. The Morgan fingerprint density at radius 2 is 1.78 bits per heavy atom. The zero-order valence-electron chi connectivity index (χ0n) is 11.8. The Bertz CT molecular complexity index is 347. The van der Waals surface area contributed by atoms with Crippen LogP contribution >= 0.6 is 0 Å². The van der Waals surface area contributed by atoms with Crippen molar-refractivity contribution in [1.29, 1.82) is 0 Å². The van der Waals surface area contributed by atoms with Crippen LogP contribution in [-0.2, 0) is 6.54 Å². The van der Waals surface area contributed by atoms with E-state index in [0.29, 0.717) is 0 Å². The Labute approximate surface area is 111 Å². The molecule has 1 heterocycles. The molecule has 18 heavy (non-hydrogen) atoms. The second-order valence-corrected chi connectivity index (χ2v) is 5.45. The maximum absolute atomic E-state index is 3.58. The molecule has 2 heteroatoms. The van der Waals surface area contributed by atoms with Crippen LogP contribution in [-0.4, -0.2) is 31.1 Å². The number of benzene rings is 1. The maximum Gasteiger partial charge on any atom is 0.0210 e. The lowest BCUT2D eigenvalue weighted by Gasteiger charge is -2.15. The summed E-state index contributed by atoms with van der Waals surface area (Å²) in [5.41, 5.74) is 4.28. The zero-order valence-corrected chi connectivity index (χ0v) is 11.8. The number of nitrogens with one attached hydrogen (secondary N) is 1. The molecule has 100 valence electrons. The molecule has 1 saturated heterocycles. The molecular formula is C16H26N2. The Hall–Kier alpha value is -0.860. The third-order valence-corrected chi connectivity index (χ3v) is 3.97. The van der Waals surface area contributed by atoms with E-state index in [0.717, 1.165) is 13.1 Å². The van der Waals surface area contributed by atoms with Crippen LogP contribution in [0.1, 0.15) is 36.0 Å². The molecule has 1 aromatic carbocycles. The van der Waals surface area contributed by atoms with Gasteiger partial charge in [-0.05, 0) is 76.0 Å². The lowest BCUT2D eigenvalue weighted by molar-refractivity contribution is 0.331. The molecule has 0 unspecified atom stereocenters. The fraction of sp³-hybridized carbons (Fsp3) is 0.625. The van der Waals surface area contributed by atoms with Gasteiger partial charge in [0.1, 0.15) is 0 Å². The van der Waals surface area contributed by atoms with Crippen LogP contribution in [0.4, 0.5) is 0 Å². The average Bonchev–Trinajstić information content (AvgIpc) is 2.85. The Morgan fingerprint density at radius 3 is 2.44 bits per heavy atom. The van der Waals surface area contributed by atoms with Crippen molar-refractivity contribution >= 4 is 0 Å². The highest BCUT2D eigenvalue weighted by atomic mass is 15.1. The molecule has 0 atom stereocenters. The van der Waals surface area contributed by atoms with Gasteiger partial charge in [0.2, 0.25) is 0 Å². The molecule has 0 radical (unpaired) electrons. The minimum Gasteiger partial charge on any atom is -0.313 e. The molecule has 0 spiro atoms. The summed E-state index contributed by atoms with van der Waals surface area (Å²) in [7, 11) is 0. The standard InChI is InChI=1S/C16H26N2/c1-14-7-5-8-15(2)16(14)13-17-9-6-12-18-10-3-4-11-18/h5,7-8,17H,3-4,6,9-13H2,1-2H3. The zero-order chi connectivity index (χ0) is 12.8. The van der Waals surface area contributed by atoms with Crippen LogP contribution in [0.2, 0.25) is 0 Å². The fourth-order valence-electron chi connectivity index (χ4n) is 2.78. The van der Waals surface area contributed by atoms with E-state index in [9.17, 15) is 0 Å². The smallest absolute Gasteiger partial charge is 0.0210 e. The van der Waals surface area contributed by atoms with Gasteiger partial charge in [-0.2, -0.15) is 0 Å². The summed E-state index contributed by atoms with van der Waals surface area (Å²) in [6.07, 6.45) is 4.07. The van der Waals surface area contributed by atoms with Crippen molar-refractivity contribution in [3.8, 4) is 0 Å². The first kappa shape index (κ1) is 13.6. The minimum absolute atomic E-state index is 1.01. The van der Waals surface area contributed by atoms with E-state index in [1.54, 1.807) is 0 Å². The first-order chi connectivity index (χ1) is 8.77. The van der Waals surface area contributed by atoms with E-state index in [4.69, 9.17) is 0 Å². The van der Waals surface area contributed by atoms with Crippen molar-refractivity contribution in [3.05, 3.63) is 34.9 Å². The van der Waals surface area contributed by atoms with Crippen LogP contribution in [0.3, 0.4) is 0 Å². The maximum atomic E-state index is 3.58. The molecule has 1 N–H and O–H groups in total. The van der Waals surface area contributed by atoms with Gasteiger partial charge >= 0.3 is 0 Å². The summed E-state index contributed by atoms with van der Waals surface area (Å²) in [6, 6.07) is 6.55. The summed E-state index contributed by atoms with van der Waals surface area (Å²) < 4.78 is 0. The summed E-state index contributed by atoms with van der Waals surface area (Å²) in [5.74, 6) is 0. The van der Waals surface area contributed by atoms with Crippen molar-refractivity contribution in [3.63, 3.8) is 0 Å². The highest BCUT2D eigenvalue weighted by Gasteiger charge is 2.10. The summed E-state index contributed by atoms with van der Waals surface area (Å²) in [6.45, 7) is 10.4. The Kier molecular flexibility index (Phi) is 5.21. The second-order valence-electron chi connectivity index (χ2n) is 5.45. The van der Waals surface area contributed by atoms with Crippen LogP contribution in [0.25, 0.3) is 0 Å². The SMILES string of the molecule is Cc1cccc(C)c1CNCCCN1CCCC1. The lowest BCUT2D eigenvalue weighted by Crippen LogP contribution is -2.25. The predicted octanol–water partition coefficient (Wildman–Crippen LogP) is 2.88.